The van der Waals surface area contributed by atoms with Gasteiger partial charge in [0, 0.05) is 11.1 Å². The Morgan fingerprint density at radius 3 is 1.67 bits per heavy atom. The van der Waals surface area contributed by atoms with Crippen LogP contribution in [0.3, 0.4) is 0 Å². The summed E-state index contributed by atoms with van der Waals surface area (Å²) in [5, 5.41) is 6.45. The van der Waals surface area contributed by atoms with Crippen LogP contribution in [0.25, 0.3) is 0 Å². The van der Waals surface area contributed by atoms with Gasteiger partial charge in [-0.25, -0.2) is 13.8 Å². The number of nitrogens with one attached hydrogen (secondary N) is 2. The van der Waals surface area contributed by atoms with Crippen LogP contribution in [0.5, 0.6) is 0 Å². The molecule has 0 unspecified atom stereocenters. The van der Waals surface area contributed by atoms with Crippen molar-refractivity contribution in [1.29, 1.82) is 0 Å². The molecule has 3 aromatic rings. The van der Waals surface area contributed by atoms with E-state index >= 15 is 0 Å². The van der Waals surface area contributed by atoms with Crippen LogP contribution in [0, 0.1) is 11.6 Å². The summed E-state index contributed by atoms with van der Waals surface area (Å²) in [6.07, 6.45) is 0. The summed E-state index contributed by atoms with van der Waals surface area (Å²) in [6.45, 7) is 0.476. The van der Waals surface area contributed by atoms with Crippen LogP contribution in [-0.2, 0) is 6.54 Å². The average Bonchev–Trinajstić information content (AvgIpc) is 3.12. The molecule has 136 valence electrons. The first-order chi connectivity index (χ1) is 13.2. The molecule has 1 heterocycles. The van der Waals surface area contributed by atoms with Crippen molar-refractivity contribution in [3.63, 3.8) is 0 Å². The van der Waals surface area contributed by atoms with Crippen LogP contribution >= 0.6 is 0 Å². The van der Waals surface area contributed by atoms with Gasteiger partial charge in [0.2, 0.25) is 0 Å². The molecule has 0 aromatic heterocycles. The van der Waals surface area contributed by atoms with E-state index in [4.69, 9.17) is 0 Å². The van der Waals surface area contributed by atoms with Gasteiger partial charge in [-0.05, 0) is 17.7 Å². The molecule has 3 aromatic carbocycles. The smallest absolute Gasteiger partial charge is 0.192 e. The van der Waals surface area contributed by atoms with Gasteiger partial charge < -0.3 is 10.6 Å². The van der Waals surface area contributed by atoms with Crippen molar-refractivity contribution in [2.24, 2.45) is 4.99 Å². The number of rotatable bonds is 4. The molecule has 0 amide bonds. The Balaban J connectivity index is 1.67. The van der Waals surface area contributed by atoms with Crippen LogP contribution in [0.15, 0.2) is 83.9 Å². The van der Waals surface area contributed by atoms with E-state index < -0.39 is 12.1 Å². The average molecular weight is 363 g/mol. The van der Waals surface area contributed by atoms with E-state index in [1.807, 2.05) is 30.3 Å². The van der Waals surface area contributed by atoms with Crippen molar-refractivity contribution < 1.29 is 8.78 Å². The first kappa shape index (κ1) is 17.2. The van der Waals surface area contributed by atoms with Gasteiger partial charge in [-0.2, -0.15) is 0 Å². The summed E-state index contributed by atoms with van der Waals surface area (Å²) in [4.78, 5) is 4.55. The summed E-state index contributed by atoms with van der Waals surface area (Å²) in [7, 11) is 0. The van der Waals surface area contributed by atoms with Gasteiger partial charge in [0.05, 0.1) is 18.6 Å². The lowest BCUT2D eigenvalue weighted by Gasteiger charge is -2.20. The van der Waals surface area contributed by atoms with Gasteiger partial charge >= 0.3 is 0 Å². The topological polar surface area (TPSA) is 36.4 Å². The molecule has 1 fully saturated rings. The molecule has 0 radical (unpaired) electrons. The number of halogens is 2. The lowest BCUT2D eigenvalue weighted by atomic mass is 9.94. The third-order valence-electron chi connectivity index (χ3n) is 4.66. The molecule has 0 bridgehead atoms. The van der Waals surface area contributed by atoms with Gasteiger partial charge in [-0.15, -0.1) is 0 Å². The van der Waals surface area contributed by atoms with E-state index in [2.05, 4.69) is 15.6 Å². The highest BCUT2D eigenvalue weighted by Crippen LogP contribution is 2.34. The number of hydrogen-bond acceptors (Lipinski definition) is 1. The molecule has 1 aliphatic rings. The quantitative estimate of drug-likeness (QED) is 0.716. The van der Waals surface area contributed by atoms with Crippen molar-refractivity contribution in [2.45, 2.75) is 18.6 Å². The Labute approximate surface area is 156 Å². The monoisotopic (exact) mass is 363 g/mol. The summed E-state index contributed by atoms with van der Waals surface area (Å²) in [6, 6.07) is 22.0. The third kappa shape index (κ3) is 3.67. The van der Waals surface area contributed by atoms with E-state index in [9.17, 15) is 8.78 Å². The largest absolute Gasteiger partial charge is 0.347 e. The second-order valence-electron chi connectivity index (χ2n) is 6.44. The maximum absolute atomic E-state index is 14.4. The molecule has 3 nitrogen and oxygen atoms in total. The van der Waals surface area contributed by atoms with Crippen molar-refractivity contribution in [2.75, 3.05) is 0 Å². The Morgan fingerprint density at radius 2 is 1.15 bits per heavy atom. The highest BCUT2D eigenvalue weighted by atomic mass is 19.1. The Hall–Kier alpha value is -3.21. The summed E-state index contributed by atoms with van der Waals surface area (Å²) in [5.74, 6) is -0.134. The minimum Gasteiger partial charge on any atom is -0.347 e. The van der Waals surface area contributed by atoms with E-state index in [0.717, 1.165) is 5.56 Å². The normalized spacial score (nSPS) is 20.3. The summed E-state index contributed by atoms with van der Waals surface area (Å²) in [5.41, 5.74) is 2.01. The molecule has 1 aliphatic heterocycles. The zero-order valence-corrected chi connectivity index (χ0v) is 14.6. The van der Waals surface area contributed by atoms with E-state index in [1.165, 1.54) is 12.1 Å². The van der Waals surface area contributed by atoms with Gasteiger partial charge in [-0.3, -0.25) is 0 Å². The van der Waals surface area contributed by atoms with Crippen LogP contribution in [-0.4, -0.2) is 5.96 Å². The molecule has 5 heteroatoms. The minimum atomic E-state index is -0.461. The Bertz CT molecular complexity index is 901. The number of aliphatic imine (C=N–C) groups is 1. The molecular weight excluding hydrogens is 344 g/mol. The van der Waals surface area contributed by atoms with Crippen molar-refractivity contribution >= 4 is 5.96 Å². The fourth-order valence-corrected chi connectivity index (χ4v) is 3.32. The van der Waals surface area contributed by atoms with Crippen molar-refractivity contribution in [3.8, 4) is 0 Å². The fraction of sp³-hybridized carbons (Fsp3) is 0.136. The number of nitrogens with zero attached hydrogens (tertiary/aromatic N) is 1. The molecule has 27 heavy (non-hydrogen) atoms. The van der Waals surface area contributed by atoms with Crippen LogP contribution < -0.4 is 10.6 Å². The molecule has 2 N–H and O–H groups in total. The Kier molecular flexibility index (Phi) is 4.83. The highest BCUT2D eigenvalue weighted by Gasteiger charge is 2.35. The highest BCUT2D eigenvalue weighted by molar-refractivity contribution is 5.83. The van der Waals surface area contributed by atoms with Crippen LogP contribution in [0.1, 0.15) is 28.8 Å². The van der Waals surface area contributed by atoms with Crippen molar-refractivity contribution in [1.82, 2.24) is 10.6 Å². The molecule has 0 spiro atoms. The van der Waals surface area contributed by atoms with Gasteiger partial charge in [0.1, 0.15) is 11.6 Å². The van der Waals surface area contributed by atoms with Crippen molar-refractivity contribution in [3.05, 3.63) is 107 Å². The predicted molar refractivity (Wildman–Crippen MR) is 102 cm³/mol. The van der Waals surface area contributed by atoms with E-state index in [1.54, 1.807) is 36.4 Å². The lowest BCUT2D eigenvalue weighted by Crippen LogP contribution is -2.25. The maximum atomic E-state index is 14.4. The molecule has 0 aliphatic carbocycles. The molecular formula is C22H19F2N3. The lowest BCUT2D eigenvalue weighted by molar-refractivity contribution is 0.490. The second kappa shape index (κ2) is 7.58. The Morgan fingerprint density at radius 1 is 0.667 bits per heavy atom. The molecule has 0 saturated carbocycles. The third-order valence-corrected chi connectivity index (χ3v) is 4.66. The van der Waals surface area contributed by atoms with Gasteiger partial charge in [0.25, 0.3) is 0 Å². The molecule has 2 atom stereocenters. The summed E-state index contributed by atoms with van der Waals surface area (Å²) >= 11 is 0. The second-order valence-corrected chi connectivity index (χ2v) is 6.44. The van der Waals surface area contributed by atoms with Crippen LogP contribution in [0.2, 0.25) is 0 Å². The standard InChI is InChI=1S/C22H19F2N3/c23-18-12-6-4-10-16(18)20-21(17-11-5-7-13-19(17)24)27-22(26-20)25-14-15-8-2-1-3-9-15/h1-13,20-21H,14H2,(H2,25,26,27)/t20-,21+. The van der Waals surface area contributed by atoms with E-state index in [-0.39, 0.29) is 11.6 Å². The first-order valence-corrected chi connectivity index (χ1v) is 8.82. The fourth-order valence-electron chi connectivity index (χ4n) is 3.32. The van der Waals surface area contributed by atoms with Gasteiger partial charge in [0.15, 0.2) is 5.96 Å². The van der Waals surface area contributed by atoms with Gasteiger partial charge in [-0.1, -0.05) is 66.7 Å². The SMILES string of the molecule is Fc1ccccc1[C@H]1NC(=NCc2ccccc2)N[C@H]1c1ccccc1F. The van der Waals surface area contributed by atoms with E-state index in [0.29, 0.717) is 23.6 Å². The first-order valence-electron chi connectivity index (χ1n) is 8.82. The predicted octanol–water partition coefficient (Wildman–Crippen LogP) is 4.50. The van der Waals surface area contributed by atoms with Crippen LogP contribution in [0.4, 0.5) is 8.78 Å². The number of benzene rings is 3. The summed E-state index contributed by atoms with van der Waals surface area (Å²) < 4.78 is 28.8. The minimum absolute atomic E-state index is 0.331. The maximum Gasteiger partial charge on any atom is 0.192 e. The number of hydrogen-bond donors (Lipinski definition) is 2. The molecule has 4 rings (SSSR count). The molecule has 1 saturated heterocycles. The zero-order valence-electron chi connectivity index (χ0n) is 14.6. The number of guanidine groups is 1. The zero-order chi connectivity index (χ0) is 18.6.